The molecule has 102 valence electrons. The van der Waals surface area contributed by atoms with E-state index in [4.69, 9.17) is 5.73 Å². The Balaban J connectivity index is 2.02. The fourth-order valence-electron chi connectivity index (χ4n) is 2.21. The van der Waals surface area contributed by atoms with Crippen molar-refractivity contribution in [2.24, 2.45) is 11.7 Å². The number of primary amides is 1. The normalized spacial score (nSPS) is 19.6. The molecule has 1 aliphatic heterocycles. The molecule has 1 aromatic rings. The van der Waals surface area contributed by atoms with Crippen LogP contribution in [0.3, 0.4) is 0 Å². The SMILES string of the molecule is NC(=O)C1CCN(CC(=O)c2cc(F)ccc2F)C1. The van der Waals surface area contributed by atoms with Crippen molar-refractivity contribution in [3.8, 4) is 0 Å². The van der Waals surface area contributed by atoms with Crippen molar-refractivity contribution in [2.75, 3.05) is 19.6 Å². The fraction of sp³-hybridized carbons (Fsp3) is 0.385. The van der Waals surface area contributed by atoms with E-state index in [9.17, 15) is 18.4 Å². The van der Waals surface area contributed by atoms with E-state index in [0.29, 0.717) is 19.5 Å². The lowest BCUT2D eigenvalue weighted by atomic mass is 10.1. The number of carbonyl (C=O) groups is 2. The number of likely N-dealkylation sites (tertiary alicyclic amines) is 1. The Morgan fingerprint density at radius 2 is 2.11 bits per heavy atom. The zero-order valence-electron chi connectivity index (χ0n) is 10.2. The van der Waals surface area contributed by atoms with Crippen LogP contribution < -0.4 is 5.73 Å². The van der Waals surface area contributed by atoms with Gasteiger partial charge in [-0.3, -0.25) is 14.5 Å². The van der Waals surface area contributed by atoms with Gasteiger partial charge in [0.25, 0.3) is 0 Å². The van der Waals surface area contributed by atoms with E-state index in [2.05, 4.69) is 0 Å². The van der Waals surface area contributed by atoms with Crippen molar-refractivity contribution < 1.29 is 18.4 Å². The largest absolute Gasteiger partial charge is 0.369 e. The van der Waals surface area contributed by atoms with Gasteiger partial charge in [-0.15, -0.1) is 0 Å². The van der Waals surface area contributed by atoms with E-state index in [1.807, 2.05) is 0 Å². The molecule has 1 fully saturated rings. The molecule has 1 saturated heterocycles. The van der Waals surface area contributed by atoms with Crippen molar-refractivity contribution in [1.82, 2.24) is 4.90 Å². The van der Waals surface area contributed by atoms with Crippen LogP contribution in [-0.2, 0) is 4.79 Å². The molecule has 4 nitrogen and oxygen atoms in total. The van der Waals surface area contributed by atoms with Crippen molar-refractivity contribution in [2.45, 2.75) is 6.42 Å². The maximum absolute atomic E-state index is 13.4. The minimum Gasteiger partial charge on any atom is -0.369 e. The highest BCUT2D eigenvalue weighted by Crippen LogP contribution is 2.17. The number of ketones is 1. The lowest BCUT2D eigenvalue weighted by Crippen LogP contribution is -2.31. The highest BCUT2D eigenvalue weighted by Gasteiger charge is 2.28. The van der Waals surface area contributed by atoms with Gasteiger partial charge in [-0.1, -0.05) is 0 Å². The summed E-state index contributed by atoms with van der Waals surface area (Å²) in [7, 11) is 0. The molecule has 0 radical (unpaired) electrons. The Kier molecular flexibility index (Phi) is 3.90. The number of nitrogens with two attached hydrogens (primary N) is 1. The smallest absolute Gasteiger partial charge is 0.221 e. The van der Waals surface area contributed by atoms with E-state index >= 15 is 0 Å². The first-order valence-corrected chi connectivity index (χ1v) is 5.97. The summed E-state index contributed by atoms with van der Waals surface area (Å²) in [5.41, 5.74) is 4.92. The number of amides is 1. The summed E-state index contributed by atoms with van der Waals surface area (Å²) in [6, 6.07) is 2.78. The van der Waals surface area contributed by atoms with Crippen molar-refractivity contribution in [1.29, 1.82) is 0 Å². The number of benzene rings is 1. The van der Waals surface area contributed by atoms with Crippen LogP contribution in [0, 0.1) is 17.6 Å². The molecule has 0 aromatic heterocycles. The van der Waals surface area contributed by atoms with Crippen LogP contribution >= 0.6 is 0 Å². The summed E-state index contributed by atoms with van der Waals surface area (Å²) < 4.78 is 26.4. The molecule has 1 aliphatic rings. The van der Waals surface area contributed by atoms with Gasteiger partial charge in [0.1, 0.15) is 11.6 Å². The molecule has 1 amide bonds. The number of rotatable bonds is 4. The van der Waals surface area contributed by atoms with Gasteiger partial charge in [-0.25, -0.2) is 8.78 Å². The third-order valence-corrected chi connectivity index (χ3v) is 3.27. The van der Waals surface area contributed by atoms with Crippen molar-refractivity contribution in [3.63, 3.8) is 0 Å². The average Bonchev–Trinajstić information content (AvgIpc) is 2.80. The summed E-state index contributed by atoms with van der Waals surface area (Å²) in [5.74, 6) is -2.56. The third kappa shape index (κ3) is 3.14. The maximum atomic E-state index is 13.4. The molecule has 1 heterocycles. The second kappa shape index (κ2) is 5.44. The van der Waals surface area contributed by atoms with Gasteiger partial charge in [-0.2, -0.15) is 0 Å². The maximum Gasteiger partial charge on any atom is 0.221 e. The van der Waals surface area contributed by atoms with Gasteiger partial charge in [-0.05, 0) is 31.2 Å². The van der Waals surface area contributed by atoms with E-state index in [0.717, 1.165) is 18.2 Å². The van der Waals surface area contributed by atoms with Gasteiger partial charge < -0.3 is 5.73 Å². The van der Waals surface area contributed by atoms with Crippen LogP contribution in [0.25, 0.3) is 0 Å². The summed E-state index contributed by atoms with van der Waals surface area (Å²) in [6.07, 6.45) is 0.592. The van der Waals surface area contributed by atoms with Crippen LogP contribution in [0.5, 0.6) is 0 Å². The van der Waals surface area contributed by atoms with Crippen molar-refractivity contribution >= 4 is 11.7 Å². The molecule has 0 aliphatic carbocycles. The molecule has 2 N–H and O–H groups in total. The second-order valence-corrected chi connectivity index (χ2v) is 4.67. The Bertz CT molecular complexity index is 519. The van der Waals surface area contributed by atoms with Gasteiger partial charge in [0.05, 0.1) is 18.0 Å². The fourth-order valence-corrected chi connectivity index (χ4v) is 2.21. The zero-order valence-corrected chi connectivity index (χ0v) is 10.2. The molecule has 0 saturated carbocycles. The monoisotopic (exact) mass is 268 g/mol. The molecular formula is C13H14F2N2O2. The van der Waals surface area contributed by atoms with Gasteiger partial charge in [0.15, 0.2) is 5.78 Å². The highest BCUT2D eigenvalue weighted by atomic mass is 19.1. The predicted molar refractivity (Wildman–Crippen MR) is 64.4 cm³/mol. The molecule has 2 rings (SSSR count). The summed E-state index contributed by atoms with van der Waals surface area (Å²) in [5, 5.41) is 0. The van der Waals surface area contributed by atoms with E-state index < -0.39 is 23.3 Å². The highest BCUT2D eigenvalue weighted by molar-refractivity contribution is 5.97. The molecule has 1 aromatic carbocycles. The Morgan fingerprint density at radius 3 is 2.74 bits per heavy atom. The van der Waals surface area contributed by atoms with Crippen molar-refractivity contribution in [3.05, 3.63) is 35.4 Å². The number of nitrogens with zero attached hydrogens (tertiary/aromatic N) is 1. The predicted octanol–water partition coefficient (Wildman–Crippen LogP) is 0.955. The van der Waals surface area contributed by atoms with Gasteiger partial charge in [0, 0.05) is 6.54 Å². The Hall–Kier alpha value is -1.82. The summed E-state index contributed by atoms with van der Waals surface area (Å²) in [4.78, 5) is 24.6. The minimum absolute atomic E-state index is 0.0375. The molecule has 0 spiro atoms. The minimum atomic E-state index is -0.739. The molecule has 19 heavy (non-hydrogen) atoms. The number of halogens is 2. The number of Topliss-reactive ketones (excluding diaryl/α,β-unsaturated/α-hetero) is 1. The number of hydrogen-bond acceptors (Lipinski definition) is 3. The second-order valence-electron chi connectivity index (χ2n) is 4.67. The number of hydrogen-bond donors (Lipinski definition) is 1. The Morgan fingerprint density at radius 1 is 1.37 bits per heavy atom. The molecule has 1 unspecified atom stereocenters. The number of carbonyl (C=O) groups excluding carboxylic acids is 2. The first-order valence-electron chi connectivity index (χ1n) is 5.97. The lowest BCUT2D eigenvalue weighted by molar-refractivity contribution is -0.121. The first kappa shape index (κ1) is 13.6. The van der Waals surface area contributed by atoms with Gasteiger partial charge >= 0.3 is 0 Å². The summed E-state index contributed by atoms with van der Waals surface area (Å²) >= 11 is 0. The molecule has 1 atom stereocenters. The molecule has 0 bridgehead atoms. The van der Waals surface area contributed by atoms with Crippen LogP contribution in [0.15, 0.2) is 18.2 Å². The van der Waals surface area contributed by atoms with E-state index in [1.165, 1.54) is 0 Å². The van der Waals surface area contributed by atoms with Crippen LogP contribution in [0.4, 0.5) is 8.78 Å². The quantitative estimate of drug-likeness (QED) is 0.827. The zero-order chi connectivity index (χ0) is 14.0. The third-order valence-electron chi connectivity index (χ3n) is 3.27. The lowest BCUT2D eigenvalue weighted by Gasteiger charge is -2.14. The molecular weight excluding hydrogens is 254 g/mol. The summed E-state index contributed by atoms with van der Waals surface area (Å²) in [6.45, 7) is 0.901. The van der Waals surface area contributed by atoms with Crippen LogP contribution in [0.2, 0.25) is 0 Å². The first-order chi connectivity index (χ1) is 8.97. The topological polar surface area (TPSA) is 63.4 Å². The van der Waals surface area contributed by atoms with E-state index in [-0.39, 0.29) is 18.0 Å². The van der Waals surface area contributed by atoms with Crippen LogP contribution in [-0.4, -0.2) is 36.2 Å². The Labute approximate surface area is 109 Å². The van der Waals surface area contributed by atoms with E-state index in [1.54, 1.807) is 4.90 Å². The van der Waals surface area contributed by atoms with Crippen LogP contribution in [0.1, 0.15) is 16.8 Å². The van der Waals surface area contributed by atoms with Gasteiger partial charge in [0.2, 0.25) is 5.91 Å². The molecule has 6 heteroatoms. The standard InChI is InChI=1S/C13H14F2N2O2/c14-9-1-2-11(15)10(5-9)12(18)7-17-4-3-8(6-17)13(16)19/h1-2,5,8H,3-4,6-7H2,(H2,16,19). The average molecular weight is 268 g/mol.